The molecule has 1 aliphatic heterocycles. The number of carbonyl (C=O) groups excluding carboxylic acids is 2. The molecule has 0 unspecified atom stereocenters. The van der Waals surface area contributed by atoms with E-state index in [1.54, 1.807) is 0 Å². The molecule has 8 heteroatoms. The molecule has 2 rings (SSSR count). The number of pyridine rings is 1. The van der Waals surface area contributed by atoms with Crippen molar-refractivity contribution in [2.75, 3.05) is 18.9 Å². The van der Waals surface area contributed by atoms with Gasteiger partial charge in [0.25, 0.3) is 0 Å². The van der Waals surface area contributed by atoms with Crippen molar-refractivity contribution < 1.29 is 24.2 Å². The fraction of sp³-hybridized carbons (Fsp3) is 0.273. The van der Waals surface area contributed by atoms with Gasteiger partial charge in [-0.3, -0.25) is 4.79 Å². The zero-order valence-electron chi connectivity index (χ0n) is 9.74. The first kappa shape index (κ1) is 13.3. The van der Waals surface area contributed by atoms with E-state index in [1.165, 1.54) is 18.3 Å². The van der Waals surface area contributed by atoms with Gasteiger partial charge >= 0.3 is 12.1 Å². The Morgan fingerprint density at radius 2 is 2.26 bits per heavy atom. The fourth-order valence-electron chi connectivity index (χ4n) is 1.43. The van der Waals surface area contributed by atoms with Crippen LogP contribution in [-0.2, 0) is 9.53 Å². The van der Waals surface area contributed by atoms with E-state index < -0.39 is 12.1 Å². The number of cyclic esters (lactones) is 1. The van der Waals surface area contributed by atoms with E-state index >= 15 is 0 Å². The van der Waals surface area contributed by atoms with Crippen LogP contribution in [0.4, 0.5) is 4.79 Å². The number of carboxylic acids is 1. The zero-order valence-corrected chi connectivity index (χ0v) is 10.6. The molecule has 0 atom stereocenters. The zero-order chi connectivity index (χ0) is 13.8. The molecule has 1 N–H and O–H groups in total. The predicted molar refractivity (Wildman–Crippen MR) is 65.0 cm³/mol. The van der Waals surface area contributed by atoms with Crippen molar-refractivity contribution in [3.8, 4) is 0 Å². The fourth-order valence-corrected chi connectivity index (χ4v) is 2.14. The van der Waals surface area contributed by atoms with Crippen molar-refractivity contribution >= 4 is 29.7 Å². The lowest BCUT2D eigenvalue weighted by atomic mass is 10.3. The Morgan fingerprint density at radius 1 is 1.47 bits per heavy atom. The minimum absolute atomic E-state index is 0.0501. The van der Waals surface area contributed by atoms with Crippen LogP contribution < -0.4 is 0 Å². The Morgan fingerprint density at radius 3 is 2.79 bits per heavy atom. The topological polar surface area (TPSA) is 96.8 Å². The normalized spacial score (nSPS) is 14.3. The quantitative estimate of drug-likeness (QED) is 0.817. The van der Waals surface area contributed by atoms with Crippen LogP contribution in [0.3, 0.4) is 0 Å². The Bertz CT molecular complexity index is 516. The molecule has 0 aliphatic carbocycles. The minimum Gasteiger partial charge on any atom is -0.478 e. The van der Waals surface area contributed by atoms with Gasteiger partial charge in [0.05, 0.1) is 22.9 Å². The van der Waals surface area contributed by atoms with E-state index in [2.05, 4.69) is 9.72 Å². The van der Waals surface area contributed by atoms with E-state index in [9.17, 15) is 14.4 Å². The lowest BCUT2D eigenvalue weighted by molar-refractivity contribution is -0.125. The molecule has 1 fully saturated rings. The highest BCUT2D eigenvalue weighted by Crippen LogP contribution is 2.17. The maximum absolute atomic E-state index is 11.7. The second kappa shape index (κ2) is 5.70. The molecule has 2 heterocycles. The lowest BCUT2D eigenvalue weighted by Crippen LogP contribution is -2.32. The molecule has 0 saturated carbocycles. The third-order valence-corrected chi connectivity index (χ3v) is 3.32. The average molecular weight is 282 g/mol. The summed E-state index contributed by atoms with van der Waals surface area (Å²) in [5.74, 6) is -1.36. The van der Waals surface area contributed by atoms with Crippen LogP contribution in [0.25, 0.3) is 0 Å². The molecule has 2 amide bonds. The number of rotatable bonds is 4. The molecule has 0 aromatic carbocycles. The number of hydrogen-bond acceptors (Lipinski definition) is 6. The third-order valence-electron chi connectivity index (χ3n) is 2.39. The molecule has 1 aliphatic rings. The summed E-state index contributed by atoms with van der Waals surface area (Å²) in [6.07, 6.45) is 0.596. The van der Waals surface area contributed by atoms with Crippen molar-refractivity contribution in [1.82, 2.24) is 9.88 Å². The molecular weight excluding hydrogens is 272 g/mol. The van der Waals surface area contributed by atoms with Crippen LogP contribution in [0.2, 0.25) is 0 Å². The molecule has 100 valence electrons. The highest BCUT2D eigenvalue weighted by atomic mass is 32.2. The second-order valence-corrected chi connectivity index (χ2v) is 4.63. The SMILES string of the molecule is O=C(O)c1ccc(SCC(=O)N2CCOC2=O)nc1. The van der Waals surface area contributed by atoms with Gasteiger partial charge in [-0.1, -0.05) is 11.8 Å². The highest BCUT2D eigenvalue weighted by molar-refractivity contribution is 7.99. The standard InChI is InChI=1S/C11H10N2O5S/c14-9(13-3-4-18-11(13)17)6-19-8-2-1-7(5-12-8)10(15)16/h1-2,5H,3-4,6H2,(H,15,16). The van der Waals surface area contributed by atoms with E-state index in [0.29, 0.717) is 5.03 Å². The Balaban J connectivity index is 1.89. The summed E-state index contributed by atoms with van der Waals surface area (Å²) >= 11 is 1.13. The summed E-state index contributed by atoms with van der Waals surface area (Å²) in [5, 5.41) is 9.23. The average Bonchev–Trinajstić information content (AvgIpc) is 2.83. The first-order valence-corrected chi connectivity index (χ1v) is 6.36. The molecule has 1 saturated heterocycles. The van der Waals surface area contributed by atoms with E-state index in [-0.39, 0.29) is 30.4 Å². The highest BCUT2D eigenvalue weighted by Gasteiger charge is 2.28. The molecule has 1 aromatic heterocycles. The predicted octanol–water partition coefficient (Wildman–Crippen LogP) is 0.851. The maximum Gasteiger partial charge on any atom is 0.416 e. The van der Waals surface area contributed by atoms with E-state index in [4.69, 9.17) is 5.11 Å². The summed E-state index contributed by atoms with van der Waals surface area (Å²) in [6.45, 7) is 0.490. The summed E-state index contributed by atoms with van der Waals surface area (Å²) in [6, 6.07) is 2.93. The lowest BCUT2D eigenvalue weighted by Gasteiger charge is -2.09. The molecule has 1 aromatic rings. The van der Waals surface area contributed by atoms with Gasteiger partial charge in [-0.05, 0) is 12.1 Å². The number of nitrogens with zero attached hydrogens (tertiary/aromatic N) is 2. The number of aromatic nitrogens is 1. The third kappa shape index (κ3) is 3.22. The van der Waals surface area contributed by atoms with Gasteiger partial charge in [-0.25, -0.2) is 19.5 Å². The summed E-state index contributed by atoms with van der Waals surface area (Å²) in [7, 11) is 0. The van der Waals surface area contributed by atoms with Crippen molar-refractivity contribution in [3.63, 3.8) is 0 Å². The number of thioether (sulfide) groups is 1. The van der Waals surface area contributed by atoms with E-state index in [0.717, 1.165) is 16.7 Å². The molecule has 0 spiro atoms. The van der Waals surface area contributed by atoms with Crippen molar-refractivity contribution in [3.05, 3.63) is 23.9 Å². The first-order valence-electron chi connectivity index (χ1n) is 5.37. The van der Waals surface area contributed by atoms with Crippen LogP contribution >= 0.6 is 11.8 Å². The number of imide groups is 1. The minimum atomic E-state index is -1.06. The van der Waals surface area contributed by atoms with Gasteiger partial charge in [-0.15, -0.1) is 0 Å². The van der Waals surface area contributed by atoms with Crippen LogP contribution in [0.5, 0.6) is 0 Å². The monoisotopic (exact) mass is 282 g/mol. The number of hydrogen-bond donors (Lipinski definition) is 1. The van der Waals surface area contributed by atoms with Gasteiger partial charge in [0, 0.05) is 6.20 Å². The van der Waals surface area contributed by atoms with Crippen LogP contribution in [0.1, 0.15) is 10.4 Å². The maximum atomic E-state index is 11.7. The van der Waals surface area contributed by atoms with Gasteiger partial charge in [0.2, 0.25) is 5.91 Å². The smallest absolute Gasteiger partial charge is 0.416 e. The number of carboxylic acid groups (broad SMARTS) is 1. The Hall–Kier alpha value is -2.09. The summed E-state index contributed by atoms with van der Waals surface area (Å²) in [5.41, 5.74) is 0.0822. The summed E-state index contributed by atoms with van der Waals surface area (Å²) < 4.78 is 4.66. The second-order valence-electron chi connectivity index (χ2n) is 3.64. The van der Waals surface area contributed by atoms with Crippen molar-refractivity contribution in [2.24, 2.45) is 0 Å². The molecule has 0 bridgehead atoms. The summed E-state index contributed by atoms with van der Waals surface area (Å²) in [4.78, 5) is 38.4. The van der Waals surface area contributed by atoms with Crippen molar-refractivity contribution in [1.29, 1.82) is 0 Å². The molecule has 0 radical (unpaired) electrons. The van der Waals surface area contributed by atoms with Gasteiger partial charge in [-0.2, -0.15) is 0 Å². The van der Waals surface area contributed by atoms with Crippen LogP contribution in [-0.4, -0.2) is 51.9 Å². The Kier molecular flexibility index (Phi) is 4.00. The Labute approximate surface area is 112 Å². The van der Waals surface area contributed by atoms with Crippen molar-refractivity contribution in [2.45, 2.75) is 5.03 Å². The molecule has 19 heavy (non-hydrogen) atoms. The van der Waals surface area contributed by atoms with Crippen LogP contribution in [0, 0.1) is 0 Å². The largest absolute Gasteiger partial charge is 0.478 e. The number of aromatic carboxylic acids is 1. The molecule has 7 nitrogen and oxygen atoms in total. The molecular formula is C11H10N2O5S. The van der Waals surface area contributed by atoms with Gasteiger partial charge < -0.3 is 9.84 Å². The van der Waals surface area contributed by atoms with Crippen LogP contribution in [0.15, 0.2) is 23.4 Å². The first-order chi connectivity index (χ1) is 9.08. The number of ether oxygens (including phenoxy) is 1. The number of amides is 2. The number of carbonyl (C=O) groups is 3. The van der Waals surface area contributed by atoms with Gasteiger partial charge in [0.15, 0.2) is 0 Å². The van der Waals surface area contributed by atoms with E-state index in [1.807, 2.05) is 0 Å². The van der Waals surface area contributed by atoms with Gasteiger partial charge in [0.1, 0.15) is 6.61 Å².